The van der Waals surface area contributed by atoms with E-state index in [1.54, 1.807) is 17.7 Å². The molecule has 1 fully saturated rings. The summed E-state index contributed by atoms with van der Waals surface area (Å²) >= 11 is 0. The minimum atomic E-state index is 0.197. The smallest absolute Gasteiger partial charge is 0.117 e. The van der Waals surface area contributed by atoms with E-state index >= 15 is 0 Å². The molecule has 23 heavy (non-hydrogen) atoms. The van der Waals surface area contributed by atoms with Gasteiger partial charge in [0, 0.05) is 34.7 Å². The van der Waals surface area contributed by atoms with E-state index in [1.807, 2.05) is 6.07 Å². The molecular weight excluding hydrogens is 284 g/mol. The van der Waals surface area contributed by atoms with Crippen LogP contribution in [0.2, 0.25) is 0 Å². The number of H-pyrrole nitrogens is 1. The molecule has 3 nitrogen and oxygen atoms in total. The SMILES string of the molecule is CC1=CC[C@H]2C[C@@H]1[C@@H](Cc1c[nH]c3cc(O)ccc13)NC2(C)C. The topological polar surface area (TPSA) is 48.0 Å². The van der Waals surface area contributed by atoms with Gasteiger partial charge in [-0.05, 0) is 69.6 Å². The number of aromatic nitrogens is 1. The monoisotopic (exact) mass is 310 g/mol. The highest BCUT2D eigenvalue weighted by Gasteiger charge is 2.43. The maximum atomic E-state index is 9.64. The maximum Gasteiger partial charge on any atom is 0.117 e. The van der Waals surface area contributed by atoms with Crippen molar-refractivity contribution in [2.75, 3.05) is 0 Å². The number of nitrogens with one attached hydrogen (secondary N) is 2. The summed E-state index contributed by atoms with van der Waals surface area (Å²) in [5.74, 6) is 1.70. The van der Waals surface area contributed by atoms with Crippen LogP contribution in [0.3, 0.4) is 0 Å². The fourth-order valence-electron chi connectivity index (χ4n) is 4.61. The highest BCUT2D eigenvalue weighted by molar-refractivity contribution is 5.84. The number of allylic oxidation sites excluding steroid dienone is 1. The molecule has 1 aliphatic carbocycles. The van der Waals surface area contributed by atoms with Gasteiger partial charge in [-0.1, -0.05) is 11.6 Å². The van der Waals surface area contributed by atoms with Crippen molar-refractivity contribution in [2.45, 2.75) is 51.6 Å². The highest BCUT2D eigenvalue weighted by atomic mass is 16.3. The Labute approximate surface area is 137 Å². The van der Waals surface area contributed by atoms with Crippen LogP contribution in [0.5, 0.6) is 5.75 Å². The standard InChI is InChI=1S/C20H26N2O/c1-12-4-5-14-9-17(12)19(22-20(14,2)3)8-13-11-21-18-10-15(23)6-7-16(13)18/h4,6-7,10-11,14,17,19,21-23H,5,8-9H2,1-3H3/t14-,17-,19+/m0/s1. The third-order valence-electron chi connectivity index (χ3n) is 6.10. The van der Waals surface area contributed by atoms with Gasteiger partial charge in [-0.25, -0.2) is 0 Å². The van der Waals surface area contributed by atoms with Gasteiger partial charge in [-0.2, -0.15) is 0 Å². The van der Waals surface area contributed by atoms with E-state index in [4.69, 9.17) is 0 Å². The number of rotatable bonds is 2. The average molecular weight is 310 g/mol. The summed E-state index contributed by atoms with van der Waals surface area (Å²) in [5, 5.41) is 14.8. The van der Waals surface area contributed by atoms with Crippen molar-refractivity contribution < 1.29 is 5.11 Å². The summed E-state index contributed by atoms with van der Waals surface area (Å²) in [6.07, 6.45) is 8.10. The van der Waals surface area contributed by atoms with Crippen LogP contribution >= 0.6 is 0 Å². The molecule has 4 rings (SSSR count). The Hall–Kier alpha value is -1.74. The Kier molecular flexibility index (Phi) is 3.31. The molecule has 2 aromatic rings. The lowest BCUT2D eigenvalue weighted by Crippen LogP contribution is -2.60. The lowest BCUT2D eigenvalue weighted by atomic mass is 9.66. The van der Waals surface area contributed by atoms with Gasteiger partial charge in [0.1, 0.15) is 5.75 Å². The zero-order chi connectivity index (χ0) is 16.2. The first-order valence-corrected chi connectivity index (χ1v) is 8.67. The molecule has 0 radical (unpaired) electrons. The van der Waals surface area contributed by atoms with E-state index in [-0.39, 0.29) is 5.54 Å². The number of benzene rings is 1. The molecule has 1 aromatic heterocycles. The molecule has 0 amide bonds. The minimum Gasteiger partial charge on any atom is -0.508 e. The van der Waals surface area contributed by atoms with Gasteiger partial charge in [-0.15, -0.1) is 0 Å². The Balaban J connectivity index is 1.66. The average Bonchev–Trinajstić information content (AvgIpc) is 2.88. The highest BCUT2D eigenvalue weighted by Crippen LogP contribution is 2.42. The Bertz CT molecular complexity index is 771. The lowest BCUT2D eigenvalue weighted by Gasteiger charge is -2.50. The van der Waals surface area contributed by atoms with Crippen LogP contribution in [-0.4, -0.2) is 21.7 Å². The number of aromatic amines is 1. The van der Waals surface area contributed by atoms with E-state index in [0.717, 1.165) is 17.9 Å². The van der Waals surface area contributed by atoms with Crippen molar-refractivity contribution >= 4 is 10.9 Å². The number of hydrogen-bond donors (Lipinski definition) is 3. The third-order valence-corrected chi connectivity index (χ3v) is 6.10. The molecule has 3 N–H and O–H groups in total. The van der Waals surface area contributed by atoms with Crippen molar-refractivity contribution in [1.82, 2.24) is 10.3 Å². The van der Waals surface area contributed by atoms with Crippen molar-refractivity contribution in [2.24, 2.45) is 11.8 Å². The summed E-state index contributed by atoms with van der Waals surface area (Å²) in [5.41, 5.74) is 4.10. The number of aromatic hydroxyl groups is 1. The maximum absolute atomic E-state index is 9.64. The lowest BCUT2D eigenvalue weighted by molar-refractivity contribution is 0.109. The van der Waals surface area contributed by atoms with E-state index in [2.05, 4.69) is 43.3 Å². The second kappa shape index (κ2) is 5.13. The van der Waals surface area contributed by atoms with Crippen LogP contribution in [-0.2, 0) is 6.42 Å². The first-order chi connectivity index (χ1) is 10.9. The quantitative estimate of drug-likeness (QED) is 0.730. The minimum absolute atomic E-state index is 0.197. The van der Waals surface area contributed by atoms with Gasteiger partial charge in [0.25, 0.3) is 0 Å². The molecule has 3 atom stereocenters. The molecule has 2 bridgehead atoms. The van der Waals surface area contributed by atoms with Gasteiger partial charge < -0.3 is 15.4 Å². The van der Waals surface area contributed by atoms with E-state index in [9.17, 15) is 5.11 Å². The van der Waals surface area contributed by atoms with Crippen molar-refractivity contribution in [3.8, 4) is 5.75 Å². The summed E-state index contributed by atoms with van der Waals surface area (Å²) in [6, 6.07) is 6.08. The Morgan fingerprint density at radius 2 is 2.13 bits per heavy atom. The predicted octanol–water partition coefficient (Wildman–Crippen LogP) is 4.14. The number of fused-ring (bicyclic) bond motifs is 3. The molecule has 2 aliphatic rings. The zero-order valence-corrected chi connectivity index (χ0v) is 14.2. The summed E-state index contributed by atoms with van der Waals surface area (Å²) in [6.45, 7) is 6.99. The normalized spacial score (nSPS) is 29.5. The van der Waals surface area contributed by atoms with Crippen molar-refractivity contribution in [3.05, 3.63) is 41.6 Å². The predicted molar refractivity (Wildman–Crippen MR) is 94.6 cm³/mol. The van der Waals surface area contributed by atoms with Crippen LogP contribution in [0.4, 0.5) is 0 Å². The van der Waals surface area contributed by atoms with Gasteiger partial charge >= 0.3 is 0 Å². The second-order valence-corrected chi connectivity index (χ2v) is 7.94. The van der Waals surface area contributed by atoms with Crippen LogP contribution < -0.4 is 5.32 Å². The van der Waals surface area contributed by atoms with E-state index in [1.165, 1.54) is 23.8 Å². The van der Waals surface area contributed by atoms with E-state index < -0.39 is 0 Å². The molecule has 3 heteroatoms. The van der Waals surface area contributed by atoms with Crippen LogP contribution in [0.15, 0.2) is 36.0 Å². The number of phenols is 1. The molecule has 0 spiro atoms. The largest absolute Gasteiger partial charge is 0.508 e. The third kappa shape index (κ3) is 2.47. The van der Waals surface area contributed by atoms with Crippen molar-refractivity contribution in [3.63, 3.8) is 0 Å². The summed E-state index contributed by atoms with van der Waals surface area (Å²) in [7, 11) is 0. The molecule has 0 saturated carbocycles. The van der Waals surface area contributed by atoms with Gasteiger partial charge in [-0.3, -0.25) is 0 Å². The van der Waals surface area contributed by atoms with Gasteiger partial charge in [0.15, 0.2) is 0 Å². The van der Waals surface area contributed by atoms with E-state index in [0.29, 0.717) is 17.7 Å². The van der Waals surface area contributed by atoms with Gasteiger partial charge in [0.2, 0.25) is 0 Å². The van der Waals surface area contributed by atoms with Gasteiger partial charge in [0.05, 0.1) is 0 Å². The van der Waals surface area contributed by atoms with Crippen molar-refractivity contribution in [1.29, 1.82) is 0 Å². The fourth-order valence-corrected chi connectivity index (χ4v) is 4.61. The second-order valence-electron chi connectivity index (χ2n) is 7.94. The molecule has 1 saturated heterocycles. The molecule has 2 heterocycles. The number of piperidine rings is 1. The molecule has 122 valence electrons. The van der Waals surface area contributed by atoms with Crippen LogP contribution in [0.25, 0.3) is 10.9 Å². The number of hydrogen-bond acceptors (Lipinski definition) is 2. The first-order valence-electron chi connectivity index (χ1n) is 8.67. The van der Waals surface area contributed by atoms with Crippen LogP contribution in [0.1, 0.15) is 39.2 Å². The number of phenolic OH excluding ortho intramolecular Hbond substituents is 1. The fraction of sp³-hybridized carbons (Fsp3) is 0.500. The molecule has 1 aromatic carbocycles. The molecule has 0 unspecified atom stereocenters. The molecule has 1 aliphatic heterocycles. The summed E-state index contributed by atoms with van der Waals surface area (Å²) in [4.78, 5) is 3.30. The Morgan fingerprint density at radius 3 is 2.96 bits per heavy atom. The zero-order valence-electron chi connectivity index (χ0n) is 14.2. The Morgan fingerprint density at radius 1 is 1.30 bits per heavy atom. The molecular formula is C20H26N2O. The van der Waals surface area contributed by atoms with Crippen LogP contribution in [0, 0.1) is 11.8 Å². The first kappa shape index (κ1) is 14.8. The summed E-state index contributed by atoms with van der Waals surface area (Å²) < 4.78 is 0.